The molecule has 0 amide bonds. The second kappa shape index (κ2) is 7.59. The zero-order valence-corrected chi connectivity index (χ0v) is 17.5. The molecule has 6 nitrogen and oxygen atoms in total. The summed E-state index contributed by atoms with van der Waals surface area (Å²) >= 11 is 1.69. The van der Waals surface area contributed by atoms with Gasteiger partial charge in [-0.2, -0.15) is 0 Å². The summed E-state index contributed by atoms with van der Waals surface area (Å²) in [6, 6.07) is 22.1. The number of H-pyrrole nitrogens is 1. The quantitative estimate of drug-likeness (QED) is 0.498. The van der Waals surface area contributed by atoms with E-state index in [1.807, 2.05) is 42.5 Å². The molecule has 0 spiro atoms. The zero-order valence-electron chi connectivity index (χ0n) is 16.7. The van der Waals surface area contributed by atoms with Crippen LogP contribution in [-0.2, 0) is 7.05 Å². The van der Waals surface area contributed by atoms with Gasteiger partial charge >= 0.3 is 5.69 Å². The van der Waals surface area contributed by atoms with E-state index in [4.69, 9.17) is 4.99 Å². The second-order valence-corrected chi connectivity index (χ2v) is 8.67. The third kappa shape index (κ3) is 3.37. The molecule has 0 radical (unpaired) electrons. The van der Waals surface area contributed by atoms with Gasteiger partial charge in [-0.05, 0) is 28.5 Å². The number of aromatic nitrogens is 2. The average Bonchev–Trinajstić information content (AvgIpc) is 2.96. The summed E-state index contributed by atoms with van der Waals surface area (Å²) in [6.07, 6.45) is 0.419. The number of rotatable bonds is 2. The fourth-order valence-electron chi connectivity index (χ4n) is 3.94. The molecule has 154 valence electrons. The van der Waals surface area contributed by atoms with Crippen LogP contribution in [0.1, 0.15) is 22.8 Å². The Kier molecular flexibility index (Phi) is 4.75. The maximum atomic E-state index is 12.7. The van der Waals surface area contributed by atoms with Crippen LogP contribution in [-0.4, -0.2) is 20.4 Å². The predicted molar refractivity (Wildman–Crippen MR) is 124 cm³/mol. The molecule has 1 aromatic heterocycles. The largest absolute Gasteiger partial charge is 0.494 e. The molecule has 5 rings (SSSR count). The molecule has 3 aromatic carbocycles. The third-order valence-corrected chi connectivity index (χ3v) is 6.83. The van der Waals surface area contributed by atoms with Gasteiger partial charge in [0.05, 0.1) is 11.4 Å². The van der Waals surface area contributed by atoms with Crippen molar-refractivity contribution in [2.24, 2.45) is 12.0 Å². The highest BCUT2D eigenvalue weighted by molar-refractivity contribution is 7.99. The minimum absolute atomic E-state index is 0.0321. The smallest absolute Gasteiger partial charge is 0.330 e. The summed E-state index contributed by atoms with van der Waals surface area (Å²) in [5, 5.41) is 12.9. The number of aliphatic imine (C=N–C) groups is 1. The molecular weight excluding hydrogens is 410 g/mol. The molecule has 31 heavy (non-hydrogen) atoms. The van der Waals surface area contributed by atoms with Gasteiger partial charge in [-0.25, -0.2) is 4.79 Å². The fraction of sp³-hybridized carbons (Fsp3) is 0.125. The van der Waals surface area contributed by atoms with Crippen molar-refractivity contribution in [2.45, 2.75) is 16.6 Å². The van der Waals surface area contributed by atoms with Gasteiger partial charge in [0.15, 0.2) is 0 Å². The number of hydrogen-bond acceptors (Lipinski definition) is 5. The van der Waals surface area contributed by atoms with Crippen molar-refractivity contribution in [3.05, 3.63) is 98.7 Å². The highest BCUT2D eigenvalue weighted by Crippen LogP contribution is 2.47. The Hall–Kier alpha value is -3.58. The molecule has 2 heterocycles. The highest BCUT2D eigenvalue weighted by Gasteiger charge is 2.27. The van der Waals surface area contributed by atoms with Crippen LogP contribution in [0.2, 0.25) is 0 Å². The van der Waals surface area contributed by atoms with E-state index in [2.05, 4.69) is 29.2 Å². The standard InChI is InChI=1S/C24H19N3O3S/c1-27-23(29)21(22(28)26-24(27)30)18-13-20(31-19-12-5-4-11-17(19)25-18)16-10-6-8-14-7-2-3-9-15(14)16/h2-12,20,29H,13H2,1H3,(H,26,28,30)/t20-/m1/s1. The van der Waals surface area contributed by atoms with Crippen molar-refractivity contribution in [1.82, 2.24) is 9.55 Å². The van der Waals surface area contributed by atoms with Crippen LogP contribution in [0.5, 0.6) is 5.88 Å². The van der Waals surface area contributed by atoms with Crippen LogP contribution in [0.15, 0.2) is 86.2 Å². The van der Waals surface area contributed by atoms with Crippen LogP contribution in [0, 0.1) is 0 Å². The SMILES string of the molecule is Cn1c(O)c(C2=Nc3ccccc3S[C@@H](c3cccc4ccccc34)C2)c(=O)[nH]c1=O. The number of fused-ring (bicyclic) bond motifs is 2. The van der Waals surface area contributed by atoms with E-state index in [1.54, 1.807) is 11.8 Å². The van der Waals surface area contributed by atoms with E-state index in [0.29, 0.717) is 12.1 Å². The molecule has 1 atom stereocenters. The molecule has 0 bridgehead atoms. The monoisotopic (exact) mass is 429 g/mol. The summed E-state index contributed by atoms with van der Waals surface area (Å²) < 4.78 is 1.02. The van der Waals surface area contributed by atoms with E-state index < -0.39 is 11.2 Å². The van der Waals surface area contributed by atoms with Gasteiger partial charge in [-0.15, -0.1) is 11.8 Å². The van der Waals surface area contributed by atoms with Gasteiger partial charge in [0, 0.05) is 23.6 Å². The maximum absolute atomic E-state index is 12.7. The summed E-state index contributed by atoms with van der Waals surface area (Å²) in [5.74, 6) is -0.381. The molecule has 0 saturated heterocycles. The topological polar surface area (TPSA) is 87.4 Å². The molecular formula is C24H19N3O3S. The van der Waals surface area contributed by atoms with Crippen LogP contribution in [0.25, 0.3) is 10.8 Å². The van der Waals surface area contributed by atoms with Crippen molar-refractivity contribution in [3.8, 4) is 5.88 Å². The molecule has 1 aliphatic rings. The van der Waals surface area contributed by atoms with Crippen molar-refractivity contribution in [2.75, 3.05) is 0 Å². The molecule has 4 aromatic rings. The van der Waals surface area contributed by atoms with E-state index >= 15 is 0 Å². The van der Waals surface area contributed by atoms with Gasteiger partial charge in [-0.3, -0.25) is 19.3 Å². The van der Waals surface area contributed by atoms with Crippen LogP contribution in [0.3, 0.4) is 0 Å². The summed E-state index contributed by atoms with van der Waals surface area (Å²) in [6.45, 7) is 0. The Morgan fingerprint density at radius 2 is 1.77 bits per heavy atom. The van der Waals surface area contributed by atoms with Crippen LogP contribution in [0.4, 0.5) is 5.69 Å². The fourth-order valence-corrected chi connectivity index (χ4v) is 5.21. The van der Waals surface area contributed by atoms with Gasteiger partial charge in [-0.1, -0.05) is 54.6 Å². The molecule has 0 aliphatic carbocycles. The summed E-state index contributed by atoms with van der Waals surface area (Å²) in [7, 11) is 1.42. The van der Waals surface area contributed by atoms with Crippen LogP contribution >= 0.6 is 11.8 Å². The van der Waals surface area contributed by atoms with Crippen molar-refractivity contribution in [1.29, 1.82) is 0 Å². The van der Waals surface area contributed by atoms with Gasteiger partial charge in [0.2, 0.25) is 5.88 Å². The lowest BCUT2D eigenvalue weighted by Crippen LogP contribution is -2.32. The summed E-state index contributed by atoms with van der Waals surface area (Å²) in [4.78, 5) is 32.6. The predicted octanol–water partition coefficient (Wildman–Crippen LogP) is 4.29. The lowest BCUT2D eigenvalue weighted by atomic mass is 9.97. The molecule has 0 saturated carbocycles. The van der Waals surface area contributed by atoms with Gasteiger partial charge in [0.1, 0.15) is 5.56 Å². The number of benzene rings is 3. The zero-order chi connectivity index (χ0) is 21.5. The van der Waals surface area contributed by atoms with E-state index in [9.17, 15) is 14.7 Å². The minimum atomic E-state index is -0.666. The molecule has 1 aliphatic heterocycles. The second-order valence-electron chi connectivity index (χ2n) is 7.42. The highest BCUT2D eigenvalue weighted by atomic mass is 32.2. The Balaban J connectivity index is 1.73. The number of aromatic amines is 1. The normalized spacial score (nSPS) is 15.9. The number of nitrogens with one attached hydrogen (secondary N) is 1. The molecule has 0 fully saturated rings. The summed E-state index contributed by atoms with van der Waals surface area (Å²) in [5.41, 5.74) is 1.04. The molecule has 2 N–H and O–H groups in total. The number of para-hydroxylation sites is 1. The van der Waals surface area contributed by atoms with E-state index in [1.165, 1.54) is 7.05 Å². The first-order chi connectivity index (χ1) is 15.0. The minimum Gasteiger partial charge on any atom is -0.494 e. The van der Waals surface area contributed by atoms with Crippen molar-refractivity contribution < 1.29 is 5.11 Å². The van der Waals surface area contributed by atoms with Crippen molar-refractivity contribution in [3.63, 3.8) is 0 Å². The Morgan fingerprint density at radius 3 is 2.65 bits per heavy atom. The number of thioether (sulfide) groups is 1. The van der Waals surface area contributed by atoms with Gasteiger partial charge < -0.3 is 5.11 Å². The first-order valence-electron chi connectivity index (χ1n) is 9.86. The molecule has 7 heteroatoms. The van der Waals surface area contributed by atoms with E-state index in [-0.39, 0.29) is 16.7 Å². The number of aromatic hydroxyl groups is 1. The Morgan fingerprint density at radius 1 is 1.03 bits per heavy atom. The third-order valence-electron chi connectivity index (χ3n) is 5.52. The first kappa shape index (κ1) is 19.4. The Bertz CT molecular complexity index is 1460. The Labute approximate surface area is 181 Å². The lowest BCUT2D eigenvalue weighted by molar-refractivity contribution is 0.416. The first-order valence-corrected chi connectivity index (χ1v) is 10.7. The number of nitrogens with zero attached hydrogens (tertiary/aromatic N) is 2. The van der Waals surface area contributed by atoms with Gasteiger partial charge in [0.25, 0.3) is 5.56 Å². The van der Waals surface area contributed by atoms with Crippen molar-refractivity contribution >= 4 is 33.9 Å². The maximum Gasteiger partial charge on any atom is 0.330 e. The molecule has 0 unspecified atom stereocenters. The average molecular weight is 430 g/mol. The number of hydrogen-bond donors (Lipinski definition) is 2. The van der Waals surface area contributed by atoms with E-state index in [0.717, 1.165) is 31.5 Å². The van der Waals surface area contributed by atoms with Crippen LogP contribution < -0.4 is 11.2 Å². The lowest BCUT2D eigenvalue weighted by Gasteiger charge is -2.18.